The molecule has 0 spiro atoms. The number of pyridine rings is 1. The first-order valence-electron chi connectivity index (χ1n) is 13.1. The number of aryl methyl sites for hydroxylation is 2. The van der Waals surface area contributed by atoms with E-state index in [2.05, 4.69) is 81.5 Å². The summed E-state index contributed by atoms with van der Waals surface area (Å²) in [5, 5.41) is 12.2. The van der Waals surface area contributed by atoms with Crippen molar-refractivity contribution in [2.45, 2.75) is 33.6 Å². The zero-order valence-electron chi connectivity index (χ0n) is 23.1. The summed E-state index contributed by atoms with van der Waals surface area (Å²) < 4.78 is 3.65. The molecule has 0 atom stereocenters. The summed E-state index contributed by atoms with van der Waals surface area (Å²) in [6, 6.07) is 33.6. The Morgan fingerprint density at radius 1 is 0.875 bits per heavy atom. The van der Waals surface area contributed by atoms with Crippen molar-refractivity contribution in [2.24, 2.45) is 0 Å². The quantitative estimate of drug-likeness (QED) is 0.151. The average molecular weight is 703 g/mol. The van der Waals surface area contributed by atoms with E-state index in [1.165, 1.54) is 21.9 Å². The minimum atomic E-state index is 0. The van der Waals surface area contributed by atoms with Gasteiger partial charge in [0.15, 0.2) is 0 Å². The first kappa shape index (κ1) is 28.9. The van der Waals surface area contributed by atoms with Crippen LogP contribution >= 0.6 is 0 Å². The molecule has 0 saturated heterocycles. The Labute approximate surface area is 250 Å². The SMILES string of the molecule is Cc1[c-]c(-c2nccc3cc(C(C)C)ccc23)cc(C)c1.Oc1ccccc1-n1[c-][n+](-c2ccccc2)cc1.[Ir]. The number of phenols is 1. The van der Waals surface area contributed by atoms with E-state index in [0.29, 0.717) is 11.6 Å². The molecule has 0 aliphatic rings. The van der Waals surface area contributed by atoms with E-state index in [4.69, 9.17) is 0 Å². The third kappa shape index (κ3) is 6.56. The van der Waals surface area contributed by atoms with Crippen molar-refractivity contribution in [3.8, 4) is 28.4 Å². The van der Waals surface area contributed by atoms with E-state index in [1.807, 2.05) is 65.6 Å². The Bertz CT molecular complexity index is 1700. The van der Waals surface area contributed by atoms with E-state index in [1.54, 1.807) is 16.7 Å². The van der Waals surface area contributed by atoms with Gasteiger partial charge in [0.05, 0.1) is 5.69 Å². The number of benzene rings is 4. The minimum Gasteiger partial charge on any atom is -0.511 e. The second-order valence-electron chi connectivity index (χ2n) is 10.0. The number of hydrogen-bond donors (Lipinski definition) is 1. The van der Waals surface area contributed by atoms with Gasteiger partial charge in [-0.25, -0.2) is 0 Å². The van der Waals surface area contributed by atoms with Crippen LogP contribution in [0, 0.1) is 26.2 Å². The van der Waals surface area contributed by atoms with Crippen molar-refractivity contribution in [1.29, 1.82) is 0 Å². The second kappa shape index (κ2) is 12.9. The normalized spacial score (nSPS) is 10.6. The molecule has 1 N–H and O–H groups in total. The molecule has 0 amide bonds. The molecule has 0 unspecified atom stereocenters. The fraction of sp³-hybridized carbons (Fsp3) is 0.143. The zero-order chi connectivity index (χ0) is 27.4. The van der Waals surface area contributed by atoms with E-state index < -0.39 is 0 Å². The van der Waals surface area contributed by atoms with Crippen LogP contribution in [0.3, 0.4) is 0 Å². The molecule has 6 rings (SSSR count). The molecule has 0 aliphatic carbocycles. The second-order valence-corrected chi connectivity index (χ2v) is 10.0. The number of rotatable bonds is 4. The maximum atomic E-state index is 9.79. The predicted molar refractivity (Wildman–Crippen MR) is 157 cm³/mol. The van der Waals surface area contributed by atoms with Gasteiger partial charge in [0, 0.05) is 38.7 Å². The van der Waals surface area contributed by atoms with Gasteiger partial charge < -0.3 is 10.1 Å². The van der Waals surface area contributed by atoms with Crippen LogP contribution in [0.1, 0.15) is 36.5 Å². The molecule has 0 aliphatic heterocycles. The number of imidazole rings is 1. The molecule has 5 heteroatoms. The van der Waals surface area contributed by atoms with E-state index >= 15 is 0 Å². The van der Waals surface area contributed by atoms with Crippen LogP contribution in [0.2, 0.25) is 0 Å². The van der Waals surface area contributed by atoms with Crippen molar-refractivity contribution in [3.63, 3.8) is 0 Å². The third-order valence-electron chi connectivity index (χ3n) is 6.61. The number of hydrogen-bond acceptors (Lipinski definition) is 2. The molecule has 0 bridgehead atoms. The summed E-state index contributed by atoms with van der Waals surface area (Å²) >= 11 is 0. The van der Waals surface area contributed by atoms with Crippen molar-refractivity contribution >= 4 is 10.8 Å². The molecule has 203 valence electrons. The van der Waals surface area contributed by atoms with Gasteiger partial charge >= 0.3 is 0 Å². The van der Waals surface area contributed by atoms with Crippen molar-refractivity contribution in [1.82, 2.24) is 9.55 Å². The van der Waals surface area contributed by atoms with Gasteiger partial charge in [-0.2, -0.15) is 0 Å². The van der Waals surface area contributed by atoms with E-state index in [9.17, 15) is 5.11 Å². The Balaban J connectivity index is 0.000000182. The van der Waals surface area contributed by atoms with Crippen molar-refractivity contribution in [2.75, 3.05) is 0 Å². The molecule has 0 saturated carbocycles. The Morgan fingerprint density at radius 2 is 1.62 bits per heavy atom. The van der Waals surface area contributed by atoms with E-state index in [0.717, 1.165) is 22.5 Å². The Kier molecular flexibility index (Phi) is 9.31. The number of phenolic OH excluding ortho intramolecular Hbond substituents is 1. The Hall–Kier alpha value is -4.05. The number of fused-ring (bicyclic) bond motifs is 1. The topological polar surface area (TPSA) is 41.9 Å². The molecule has 4 nitrogen and oxygen atoms in total. The predicted octanol–water partition coefficient (Wildman–Crippen LogP) is 7.70. The van der Waals surface area contributed by atoms with Crippen LogP contribution in [0.15, 0.2) is 110 Å². The van der Waals surface area contributed by atoms with Crippen LogP contribution in [-0.4, -0.2) is 14.7 Å². The first-order valence-corrected chi connectivity index (χ1v) is 13.1. The van der Waals surface area contributed by atoms with Crippen molar-refractivity contribution < 1.29 is 29.8 Å². The molecule has 6 aromatic rings. The molecular formula is C35H32IrN3O-. The Morgan fingerprint density at radius 3 is 2.35 bits per heavy atom. The summed E-state index contributed by atoms with van der Waals surface area (Å²) in [4.78, 5) is 4.60. The molecule has 4 aromatic carbocycles. The smallest absolute Gasteiger partial charge is 0.268 e. The molecule has 2 aromatic heterocycles. The monoisotopic (exact) mass is 703 g/mol. The zero-order valence-corrected chi connectivity index (χ0v) is 25.5. The molecular weight excluding hydrogens is 671 g/mol. The summed E-state index contributed by atoms with van der Waals surface area (Å²) in [7, 11) is 0. The van der Waals surface area contributed by atoms with Crippen LogP contribution in [-0.2, 0) is 20.1 Å². The van der Waals surface area contributed by atoms with Gasteiger partial charge in [-0.3, -0.25) is 9.13 Å². The largest absolute Gasteiger partial charge is 0.511 e. The molecule has 1 radical (unpaired) electrons. The van der Waals surface area contributed by atoms with Gasteiger partial charge in [-0.05, 0) is 58.3 Å². The maximum absolute atomic E-state index is 9.79. The fourth-order valence-corrected chi connectivity index (χ4v) is 4.64. The van der Waals surface area contributed by atoms with Crippen LogP contribution in [0.4, 0.5) is 0 Å². The van der Waals surface area contributed by atoms with Crippen molar-refractivity contribution in [3.05, 3.63) is 139 Å². The number of aromatic hydroxyl groups is 1. The fourth-order valence-electron chi connectivity index (χ4n) is 4.64. The van der Waals surface area contributed by atoms with Gasteiger partial charge in [0.1, 0.15) is 11.4 Å². The summed E-state index contributed by atoms with van der Waals surface area (Å²) in [5.74, 6) is 0.781. The standard InChI is InChI=1S/C20H20N.C15H12N2O.Ir/c1-13(2)16-5-6-19-17(12-16)7-8-21-20(19)18-10-14(3)9-15(4)11-18;18-15-9-5-4-8-14(15)17-11-10-16(12-17)13-6-2-1-3-7-13;/h5-10,12-13H,1-4H3;1-11,18H;/q-1;;. The number of nitrogens with zero attached hydrogens (tertiary/aromatic N) is 3. The summed E-state index contributed by atoms with van der Waals surface area (Å²) in [6.45, 7) is 8.65. The average Bonchev–Trinajstić information content (AvgIpc) is 3.43. The summed E-state index contributed by atoms with van der Waals surface area (Å²) in [5.41, 5.74) is 7.62. The molecule has 2 heterocycles. The van der Waals surface area contributed by atoms with Gasteiger partial charge in [0.2, 0.25) is 0 Å². The third-order valence-corrected chi connectivity index (χ3v) is 6.61. The van der Waals surface area contributed by atoms with Gasteiger partial charge in [-0.1, -0.05) is 76.2 Å². The van der Waals surface area contributed by atoms with Crippen LogP contribution in [0.5, 0.6) is 5.75 Å². The number of para-hydroxylation sites is 3. The molecule has 40 heavy (non-hydrogen) atoms. The molecule has 0 fully saturated rings. The van der Waals surface area contributed by atoms with Gasteiger partial charge in [0.25, 0.3) is 6.33 Å². The minimum absolute atomic E-state index is 0. The van der Waals surface area contributed by atoms with E-state index in [-0.39, 0.29) is 25.9 Å². The summed E-state index contributed by atoms with van der Waals surface area (Å²) in [6.07, 6.45) is 8.82. The first-order chi connectivity index (χ1) is 18.9. The number of aromatic nitrogens is 3. The van der Waals surface area contributed by atoms with Gasteiger partial charge in [-0.15, -0.1) is 34.9 Å². The van der Waals surface area contributed by atoms with Crippen LogP contribution in [0.25, 0.3) is 33.4 Å². The maximum Gasteiger partial charge on any atom is 0.268 e. The van der Waals surface area contributed by atoms with Crippen LogP contribution < -0.4 is 4.57 Å².